The van der Waals surface area contributed by atoms with Gasteiger partial charge in [0.05, 0.1) is 25.4 Å². The number of rotatable bonds is 68. The van der Waals surface area contributed by atoms with E-state index in [1.165, 1.54) is 334 Å². The summed E-state index contributed by atoms with van der Waals surface area (Å²) in [6.07, 6.45) is 84.5. The summed E-state index contributed by atoms with van der Waals surface area (Å²) >= 11 is 0. The van der Waals surface area contributed by atoms with Crippen LogP contribution in [0.25, 0.3) is 0 Å². The maximum absolute atomic E-state index is 12.4. The predicted octanol–water partition coefficient (Wildman–Crippen LogP) is 23.1. The van der Waals surface area contributed by atoms with E-state index in [0.29, 0.717) is 25.9 Å². The Hall–Kier alpha value is -1.40. The highest BCUT2D eigenvalue weighted by molar-refractivity contribution is 5.76. The number of unbranched alkanes of at least 4 members (excludes halogenated alkanes) is 55. The maximum atomic E-state index is 12.4. The molecule has 0 bridgehead atoms. The van der Waals surface area contributed by atoms with E-state index in [0.717, 1.165) is 44.9 Å². The molecule has 3 N–H and O–H groups in total. The lowest BCUT2D eigenvalue weighted by molar-refractivity contribution is -0.143. The van der Waals surface area contributed by atoms with E-state index >= 15 is 0 Å². The van der Waals surface area contributed by atoms with E-state index < -0.39 is 12.1 Å². The van der Waals surface area contributed by atoms with Gasteiger partial charge in [0.1, 0.15) is 0 Å². The molecule has 0 aliphatic carbocycles. The van der Waals surface area contributed by atoms with Crippen LogP contribution in [-0.4, -0.2) is 47.4 Å². The largest absolute Gasteiger partial charge is 0.466 e. The van der Waals surface area contributed by atoms with E-state index in [1.54, 1.807) is 0 Å². The van der Waals surface area contributed by atoms with Gasteiger partial charge in [-0.05, 0) is 51.4 Å². The van der Waals surface area contributed by atoms with Gasteiger partial charge >= 0.3 is 5.97 Å². The molecule has 0 heterocycles. The molecule has 0 saturated carbocycles. The molecule has 6 nitrogen and oxygen atoms in total. The van der Waals surface area contributed by atoms with E-state index in [4.69, 9.17) is 4.74 Å². The third-order valence-corrected chi connectivity index (χ3v) is 17.1. The van der Waals surface area contributed by atoms with Gasteiger partial charge in [0, 0.05) is 12.8 Å². The van der Waals surface area contributed by atoms with Crippen LogP contribution in [0.3, 0.4) is 0 Å². The topological polar surface area (TPSA) is 95.9 Å². The molecule has 0 spiro atoms. The number of nitrogens with one attached hydrogen (secondary N) is 1. The molecule has 2 atom stereocenters. The number of hydrogen-bond donors (Lipinski definition) is 3. The maximum Gasteiger partial charge on any atom is 0.305 e. The molecule has 0 aromatic rings. The van der Waals surface area contributed by atoms with E-state index in [-0.39, 0.29) is 18.5 Å². The molecular weight excluding hydrogens is 959 g/mol. The van der Waals surface area contributed by atoms with Crippen molar-refractivity contribution < 1.29 is 24.5 Å². The van der Waals surface area contributed by atoms with Crippen LogP contribution in [0.2, 0.25) is 0 Å². The average molecular weight is 1100 g/mol. The monoisotopic (exact) mass is 1100 g/mol. The van der Waals surface area contributed by atoms with Crippen molar-refractivity contribution in [1.29, 1.82) is 0 Å². The zero-order valence-electron chi connectivity index (χ0n) is 53.2. The fourth-order valence-corrected chi connectivity index (χ4v) is 11.6. The van der Waals surface area contributed by atoms with Gasteiger partial charge in [0.2, 0.25) is 5.91 Å². The van der Waals surface area contributed by atoms with Crippen LogP contribution in [0.15, 0.2) is 12.2 Å². The van der Waals surface area contributed by atoms with Crippen molar-refractivity contribution in [2.45, 2.75) is 424 Å². The van der Waals surface area contributed by atoms with Gasteiger partial charge in [-0.3, -0.25) is 9.59 Å². The molecule has 0 aromatic heterocycles. The van der Waals surface area contributed by atoms with Gasteiger partial charge in [0.25, 0.3) is 0 Å². The standard InChI is InChI=1S/C72H141NO5/c1-3-5-7-9-11-13-15-46-50-54-58-62-66-72(77)78-67-63-59-55-51-47-44-42-40-38-36-34-32-30-28-26-24-22-20-18-16-17-19-21-23-25-27-29-31-33-35-37-39-41-43-45-49-53-57-61-65-71(76)73-69(68-74)70(75)64-60-56-52-48-14-12-10-8-6-4-2/h11,13,69-70,74-75H,3-10,12,14-68H2,1-2H3,(H,73,76)/b13-11-. The summed E-state index contributed by atoms with van der Waals surface area (Å²) in [5.41, 5.74) is 0. The Kier molecular flexibility index (Phi) is 66.9. The Morgan fingerprint density at radius 3 is 0.936 bits per heavy atom. The van der Waals surface area contributed by atoms with E-state index in [9.17, 15) is 19.8 Å². The number of amides is 1. The Labute approximate surface area is 489 Å². The normalized spacial score (nSPS) is 12.5. The van der Waals surface area contributed by atoms with Crippen molar-refractivity contribution in [3.05, 3.63) is 12.2 Å². The van der Waals surface area contributed by atoms with Crippen LogP contribution < -0.4 is 5.32 Å². The van der Waals surface area contributed by atoms with Crippen LogP contribution >= 0.6 is 0 Å². The lowest BCUT2D eigenvalue weighted by Gasteiger charge is -2.22. The molecule has 0 radical (unpaired) electrons. The number of carbonyl (C=O) groups is 2. The number of hydrogen-bond acceptors (Lipinski definition) is 5. The molecule has 78 heavy (non-hydrogen) atoms. The van der Waals surface area contributed by atoms with Crippen molar-refractivity contribution in [2.75, 3.05) is 13.2 Å². The van der Waals surface area contributed by atoms with Crippen molar-refractivity contribution in [1.82, 2.24) is 5.32 Å². The smallest absolute Gasteiger partial charge is 0.305 e. The summed E-state index contributed by atoms with van der Waals surface area (Å²) in [7, 11) is 0. The number of allylic oxidation sites excluding steroid dienone is 2. The molecule has 0 aromatic carbocycles. The molecule has 2 unspecified atom stereocenters. The van der Waals surface area contributed by atoms with Gasteiger partial charge in [-0.1, -0.05) is 360 Å². The summed E-state index contributed by atoms with van der Waals surface area (Å²) < 4.78 is 5.48. The Morgan fingerprint density at radius 1 is 0.346 bits per heavy atom. The Bertz CT molecular complexity index is 1180. The fraction of sp³-hybridized carbons (Fsp3) is 0.944. The average Bonchev–Trinajstić information content (AvgIpc) is 3.44. The number of aliphatic hydroxyl groups excluding tert-OH is 2. The summed E-state index contributed by atoms with van der Waals surface area (Å²) in [4.78, 5) is 24.5. The SMILES string of the molecule is CCCCC/C=C\CCCCCCCC(=O)OCCCCCCCCCCCCCCCCCCCCCCCCCCCCCCCCCCCCCCCCCC(=O)NC(CO)C(O)CCCCCCCCCCCC. The van der Waals surface area contributed by atoms with Crippen molar-refractivity contribution in [3.63, 3.8) is 0 Å². The molecule has 6 heteroatoms. The number of aliphatic hydroxyl groups is 2. The van der Waals surface area contributed by atoms with E-state index in [2.05, 4.69) is 31.3 Å². The zero-order valence-corrected chi connectivity index (χ0v) is 53.2. The second-order valence-electron chi connectivity index (χ2n) is 24.9. The molecule has 0 aliphatic rings. The van der Waals surface area contributed by atoms with Gasteiger partial charge in [-0.25, -0.2) is 0 Å². The van der Waals surface area contributed by atoms with Crippen LogP contribution in [0.1, 0.15) is 412 Å². The quantitative estimate of drug-likeness (QED) is 0.0320. The van der Waals surface area contributed by atoms with Crippen molar-refractivity contribution in [2.24, 2.45) is 0 Å². The molecule has 0 saturated heterocycles. The lowest BCUT2D eigenvalue weighted by atomic mass is 10.0. The number of esters is 1. The van der Waals surface area contributed by atoms with Crippen LogP contribution in [0.5, 0.6) is 0 Å². The second-order valence-corrected chi connectivity index (χ2v) is 24.9. The second kappa shape index (κ2) is 68.1. The minimum atomic E-state index is -0.657. The van der Waals surface area contributed by atoms with Gasteiger partial charge in [-0.15, -0.1) is 0 Å². The predicted molar refractivity (Wildman–Crippen MR) is 343 cm³/mol. The van der Waals surface area contributed by atoms with Gasteiger partial charge in [0.15, 0.2) is 0 Å². The number of carbonyl (C=O) groups excluding carboxylic acids is 2. The molecule has 0 fully saturated rings. The molecule has 0 rings (SSSR count). The minimum absolute atomic E-state index is 0.0145. The van der Waals surface area contributed by atoms with Crippen molar-refractivity contribution >= 4 is 11.9 Å². The fourth-order valence-electron chi connectivity index (χ4n) is 11.6. The molecule has 0 aliphatic heterocycles. The number of ether oxygens (including phenoxy) is 1. The third-order valence-electron chi connectivity index (χ3n) is 17.1. The Balaban J connectivity index is 3.26. The highest BCUT2D eigenvalue weighted by Crippen LogP contribution is 2.20. The molecular formula is C72H141NO5. The highest BCUT2D eigenvalue weighted by atomic mass is 16.5. The zero-order chi connectivity index (χ0) is 56.4. The summed E-state index contributed by atoms with van der Waals surface area (Å²) in [5, 5.41) is 23.2. The third kappa shape index (κ3) is 63.8. The first-order chi connectivity index (χ1) is 38.5. The van der Waals surface area contributed by atoms with Gasteiger partial charge in [-0.2, -0.15) is 0 Å². The first kappa shape index (κ1) is 76.6. The van der Waals surface area contributed by atoms with Crippen LogP contribution in [0, 0.1) is 0 Å². The van der Waals surface area contributed by atoms with Crippen LogP contribution in [-0.2, 0) is 14.3 Å². The summed E-state index contributed by atoms with van der Waals surface area (Å²) in [6, 6.07) is -0.534. The molecule has 1 amide bonds. The lowest BCUT2D eigenvalue weighted by Crippen LogP contribution is -2.45. The first-order valence-corrected chi connectivity index (χ1v) is 35.9. The highest BCUT2D eigenvalue weighted by Gasteiger charge is 2.20. The first-order valence-electron chi connectivity index (χ1n) is 35.9. The Morgan fingerprint density at radius 2 is 0.603 bits per heavy atom. The molecule has 464 valence electrons. The van der Waals surface area contributed by atoms with Crippen molar-refractivity contribution in [3.8, 4) is 0 Å². The minimum Gasteiger partial charge on any atom is -0.466 e. The summed E-state index contributed by atoms with van der Waals surface area (Å²) in [5.74, 6) is -0.0137. The van der Waals surface area contributed by atoms with Gasteiger partial charge < -0.3 is 20.3 Å². The van der Waals surface area contributed by atoms with Crippen LogP contribution in [0.4, 0.5) is 0 Å². The van der Waals surface area contributed by atoms with E-state index in [1.807, 2.05) is 0 Å². The summed E-state index contributed by atoms with van der Waals surface area (Å²) in [6.45, 7) is 4.95.